The second-order valence-corrected chi connectivity index (χ2v) is 9.75. The zero-order chi connectivity index (χ0) is 23.9. The quantitative estimate of drug-likeness (QED) is 0.679. The SMILES string of the molecule is COc1cc([C@H]2C3=C(CC(C)(C)CC3=O)N=C(C)C2C(=O)Nc2ccccc2C)ccc1O. The lowest BCUT2D eigenvalue weighted by Crippen LogP contribution is -2.41. The number of hydrogen-bond acceptors (Lipinski definition) is 5. The van der Waals surface area contributed by atoms with Gasteiger partial charge < -0.3 is 15.2 Å². The van der Waals surface area contributed by atoms with Gasteiger partial charge in [0.1, 0.15) is 0 Å². The van der Waals surface area contributed by atoms with Crippen molar-refractivity contribution in [2.75, 3.05) is 12.4 Å². The number of ketones is 1. The van der Waals surface area contributed by atoms with Crippen molar-refractivity contribution in [1.29, 1.82) is 0 Å². The van der Waals surface area contributed by atoms with Crippen molar-refractivity contribution in [1.82, 2.24) is 0 Å². The number of phenolic OH excluding ortho intramolecular Hbond substituents is 1. The maximum atomic E-state index is 13.6. The number of para-hydroxylation sites is 1. The maximum Gasteiger partial charge on any atom is 0.234 e. The van der Waals surface area contributed by atoms with E-state index in [9.17, 15) is 14.7 Å². The number of allylic oxidation sites excluding steroid dienone is 2. The van der Waals surface area contributed by atoms with Crippen molar-refractivity contribution in [2.24, 2.45) is 16.3 Å². The van der Waals surface area contributed by atoms with Crippen LogP contribution >= 0.6 is 0 Å². The maximum absolute atomic E-state index is 13.6. The molecule has 1 unspecified atom stereocenters. The summed E-state index contributed by atoms with van der Waals surface area (Å²) in [6.07, 6.45) is 1.07. The fraction of sp³-hybridized carbons (Fsp3) is 0.370. The molecule has 0 saturated heterocycles. The van der Waals surface area contributed by atoms with Gasteiger partial charge in [-0.3, -0.25) is 14.6 Å². The molecule has 0 radical (unpaired) electrons. The molecule has 6 nitrogen and oxygen atoms in total. The summed E-state index contributed by atoms with van der Waals surface area (Å²) < 4.78 is 5.32. The van der Waals surface area contributed by atoms with Crippen LogP contribution in [0.5, 0.6) is 11.5 Å². The van der Waals surface area contributed by atoms with Gasteiger partial charge in [-0.2, -0.15) is 0 Å². The summed E-state index contributed by atoms with van der Waals surface area (Å²) in [6.45, 7) is 7.92. The molecule has 2 aromatic carbocycles. The number of amides is 1. The Morgan fingerprint density at radius 1 is 1.15 bits per heavy atom. The van der Waals surface area contributed by atoms with Gasteiger partial charge in [0.2, 0.25) is 5.91 Å². The molecule has 2 atom stereocenters. The molecule has 1 aliphatic carbocycles. The van der Waals surface area contributed by atoms with Gasteiger partial charge in [-0.05, 0) is 55.0 Å². The van der Waals surface area contributed by atoms with E-state index in [0.717, 1.165) is 22.5 Å². The standard InChI is InChI=1S/C27H30N2O4/c1-15-8-6-7-9-18(15)29-26(32)23-16(2)28-19-13-27(3,4)14-21(31)25(19)24(23)17-10-11-20(30)22(12-17)33-5/h6-12,23-24,30H,13-14H2,1-5H3,(H,29,32)/t23?,24-/m1/s1. The van der Waals surface area contributed by atoms with Crippen LogP contribution in [0, 0.1) is 18.3 Å². The summed E-state index contributed by atoms with van der Waals surface area (Å²) in [4.78, 5) is 31.8. The first kappa shape index (κ1) is 22.8. The third-order valence-corrected chi connectivity index (χ3v) is 6.55. The molecule has 1 aliphatic heterocycles. The summed E-state index contributed by atoms with van der Waals surface area (Å²) in [6, 6.07) is 12.6. The number of phenols is 1. The zero-order valence-electron chi connectivity index (χ0n) is 19.7. The fourth-order valence-corrected chi connectivity index (χ4v) is 4.96. The molecular weight excluding hydrogens is 416 g/mol. The lowest BCUT2D eigenvalue weighted by Gasteiger charge is -2.39. The number of carbonyl (C=O) groups is 2. The van der Waals surface area contributed by atoms with Crippen molar-refractivity contribution in [3.63, 3.8) is 0 Å². The molecule has 6 heteroatoms. The highest BCUT2D eigenvalue weighted by Gasteiger charge is 2.45. The Morgan fingerprint density at radius 3 is 2.58 bits per heavy atom. The number of aromatic hydroxyl groups is 1. The number of nitrogens with one attached hydrogen (secondary N) is 1. The average Bonchev–Trinajstić information content (AvgIpc) is 2.73. The molecule has 0 aromatic heterocycles. The number of Topliss-reactive ketones (excluding diaryl/α,β-unsaturated/α-hetero) is 1. The van der Waals surface area contributed by atoms with E-state index in [1.807, 2.05) is 38.1 Å². The number of aliphatic imine (C=N–C) groups is 1. The molecule has 4 rings (SSSR count). The van der Waals surface area contributed by atoms with Gasteiger partial charge in [-0.1, -0.05) is 38.1 Å². The van der Waals surface area contributed by atoms with E-state index in [1.165, 1.54) is 7.11 Å². The van der Waals surface area contributed by atoms with Crippen LogP contribution in [-0.2, 0) is 9.59 Å². The van der Waals surface area contributed by atoms with Gasteiger partial charge in [0.25, 0.3) is 0 Å². The predicted molar refractivity (Wildman–Crippen MR) is 129 cm³/mol. The number of hydrogen-bond donors (Lipinski definition) is 2. The summed E-state index contributed by atoms with van der Waals surface area (Å²) in [5.41, 5.74) is 4.26. The van der Waals surface area contributed by atoms with Gasteiger partial charge >= 0.3 is 0 Å². The Labute approximate surface area is 194 Å². The van der Waals surface area contributed by atoms with E-state index < -0.39 is 11.8 Å². The van der Waals surface area contributed by atoms with Gasteiger partial charge in [-0.25, -0.2) is 0 Å². The van der Waals surface area contributed by atoms with Crippen LogP contribution in [0.4, 0.5) is 5.69 Å². The molecule has 2 aliphatic rings. The first-order chi connectivity index (χ1) is 15.6. The first-order valence-electron chi connectivity index (χ1n) is 11.2. The Bertz CT molecular complexity index is 1190. The molecule has 0 bridgehead atoms. The molecule has 1 heterocycles. The Morgan fingerprint density at radius 2 is 1.88 bits per heavy atom. The third kappa shape index (κ3) is 4.30. The Kier molecular flexibility index (Phi) is 5.87. The minimum Gasteiger partial charge on any atom is -0.504 e. The molecule has 0 saturated carbocycles. The van der Waals surface area contributed by atoms with Crippen LogP contribution in [0.3, 0.4) is 0 Å². The van der Waals surface area contributed by atoms with Crippen molar-refractivity contribution in [2.45, 2.75) is 46.5 Å². The number of anilines is 1. The fourth-order valence-electron chi connectivity index (χ4n) is 4.96. The second kappa shape index (κ2) is 8.50. The van der Waals surface area contributed by atoms with Crippen molar-refractivity contribution >= 4 is 23.1 Å². The highest BCUT2D eigenvalue weighted by atomic mass is 16.5. The molecule has 33 heavy (non-hydrogen) atoms. The topological polar surface area (TPSA) is 88.0 Å². The summed E-state index contributed by atoms with van der Waals surface area (Å²) in [5.74, 6) is -1.07. The van der Waals surface area contributed by atoms with Crippen LogP contribution in [0.1, 0.15) is 50.7 Å². The number of carbonyl (C=O) groups excluding carboxylic acids is 2. The minimum absolute atomic E-state index is 0.00803. The number of nitrogens with zero attached hydrogens (tertiary/aromatic N) is 1. The van der Waals surface area contributed by atoms with Crippen LogP contribution in [0.15, 0.2) is 58.7 Å². The predicted octanol–water partition coefficient (Wildman–Crippen LogP) is 5.17. The van der Waals surface area contributed by atoms with E-state index in [-0.39, 0.29) is 22.9 Å². The smallest absolute Gasteiger partial charge is 0.234 e. The molecule has 2 aromatic rings. The highest BCUT2D eigenvalue weighted by Crippen LogP contribution is 2.48. The summed E-state index contributed by atoms with van der Waals surface area (Å²) in [5, 5.41) is 13.2. The van der Waals surface area contributed by atoms with Gasteiger partial charge in [-0.15, -0.1) is 0 Å². The molecule has 0 spiro atoms. The summed E-state index contributed by atoms with van der Waals surface area (Å²) >= 11 is 0. The summed E-state index contributed by atoms with van der Waals surface area (Å²) in [7, 11) is 1.48. The molecule has 0 fully saturated rings. The lowest BCUT2D eigenvalue weighted by atomic mass is 9.66. The van der Waals surface area contributed by atoms with Crippen molar-refractivity contribution in [3.8, 4) is 11.5 Å². The number of aryl methyl sites for hydroxylation is 1. The van der Waals surface area contributed by atoms with Crippen LogP contribution < -0.4 is 10.1 Å². The van der Waals surface area contributed by atoms with E-state index in [2.05, 4.69) is 19.2 Å². The number of ether oxygens (including phenoxy) is 1. The number of benzene rings is 2. The number of rotatable bonds is 4. The number of methoxy groups -OCH3 is 1. The van der Waals surface area contributed by atoms with E-state index in [1.54, 1.807) is 18.2 Å². The average molecular weight is 447 g/mol. The van der Waals surface area contributed by atoms with Gasteiger partial charge in [0.05, 0.1) is 13.0 Å². The lowest BCUT2D eigenvalue weighted by molar-refractivity contribution is -0.119. The van der Waals surface area contributed by atoms with Gasteiger partial charge in [0, 0.05) is 35.0 Å². The molecule has 1 amide bonds. The van der Waals surface area contributed by atoms with Crippen molar-refractivity contribution < 1.29 is 19.4 Å². The van der Waals surface area contributed by atoms with Crippen LogP contribution in [0.2, 0.25) is 0 Å². The molecular formula is C27H30N2O4. The van der Waals surface area contributed by atoms with E-state index in [0.29, 0.717) is 29.9 Å². The molecule has 172 valence electrons. The second-order valence-electron chi connectivity index (χ2n) is 9.75. The largest absolute Gasteiger partial charge is 0.504 e. The third-order valence-electron chi connectivity index (χ3n) is 6.55. The Hall–Kier alpha value is -3.41. The van der Waals surface area contributed by atoms with Gasteiger partial charge in [0.15, 0.2) is 17.3 Å². The van der Waals surface area contributed by atoms with Crippen LogP contribution in [0.25, 0.3) is 0 Å². The van der Waals surface area contributed by atoms with Crippen molar-refractivity contribution in [3.05, 3.63) is 64.9 Å². The zero-order valence-corrected chi connectivity index (χ0v) is 19.7. The highest BCUT2D eigenvalue weighted by molar-refractivity contribution is 6.13. The van der Waals surface area contributed by atoms with E-state index >= 15 is 0 Å². The molecule has 2 N–H and O–H groups in total. The normalized spacial score (nSPS) is 21.8. The monoisotopic (exact) mass is 446 g/mol. The van der Waals surface area contributed by atoms with Crippen LogP contribution in [-0.4, -0.2) is 29.6 Å². The Balaban J connectivity index is 1.84. The first-order valence-corrected chi connectivity index (χ1v) is 11.2. The minimum atomic E-state index is -0.664. The van der Waals surface area contributed by atoms with E-state index in [4.69, 9.17) is 9.73 Å².